The lowest BCUT2D eigenvalue weighted by Gasteiger charge is -2.40. The largest absolute Gasteiger partial charge is 0.407 e. The second-order valence-corrected chi connectivity index (χ2v) is 11.7. The summed E-state index contributed by atoms with van der Waals surface area (Å²) in [5.41, 5.74) is 0.865. The van der Waals surface area contributed by atoms with Crippen molar-refractivity contribution in [3.63, 3.8) is 0 Å². The van der Waals surface area contributed by atoms with Crippen molar-refractivity contribution in [3.05, 3.63) is 34.9 Å². The monoisotopic (exact) mass is 300 g/mol. The zero-order valence-corrected chi connectivity index (χ0v) is 14.5. The van der Waals surface area contributed by atoms with Crippen LogP contribution >= 0.6 is 11.6 Å². The van der Waals surface area contributed by atoms with Crippen molar-refractivity contribution in [1.29, 1.82) is 0 Å². The van der Waals surface area contributed by atoms with E-state index in [1.54, 1.807) is 6.92 Å². The van der Waals surface area contributed by atoms with Gasteiger partial charge in [0.05, 0.1) is 12.2 Å². The van der Waals surface area contributed by atoms with Gasteiger partial charge in [-0.25, -0.2) is 0 Å². The Labute approximate surface area is 122 Å². The van der Waals surface area contributed by atoms with Gasteiger partial charge in [0.2, 0.25) is 0 Å². The minimum absolute atomic E-state index is 0.0986. The molecule has 0 aliphatic heterocycles. The Hall–Kier alpha value is -0.353. The Balaban J connectivity index is 3.08. The lowest BCUT2D eigenvalue weighted by atomic mass is 10.1. The van der Waals surface area contributed by atoms with Crippen LogP contribution in [0.25, 0.3) is 0 Å². The Morgan fingerprint density at radius 3 is 2.16 bits per heavy atom. The molecule has 1 N–H and O–H groups in total. The van der Waals surface area contributed by atoms with E-state index in [1.165, 1.54) is 0 Å². The SMILES string of the molecule is CC(O)C(O[Si](C)(C)C(C)(C)C)c1ccccc1Cl. The molecule has 4 heteroatoms. The first-order valence-electron chi connectivity index (χ1n) is 6.66. The second kappa shape index (κ2) is 5.96. The van der Waals surface area contributed by atoms with Crippen LogP contribution in [0.2, 0.25) is 23.2 Å². The fourth-order valence-electron chi connectivity index (χ4n) is 1.62. The zero-order chi connectivity index (χ0) is 14.8. The molecule has 2 nitrogen and oxygen atoms in total. The van der Waals surface area contributed by atoms with Gasteiger partial charge in [-0.3, -0.25) is 0 Å². The number of aliphatic hydroxyl groups is 1. The zero-order valence-electron chi connectivity index (χ0n) is 12.7. The van der Waals surface area contributed by atoms with Crippen molar-refractivity contribution < 1.29 is 9.53 Å². The number of benzene rings is 1. The highest BCUT2D eigenvalue weighted by Crippen LogP contribution is 2.41. The van der Waals surface area contributed by atoms with Gasteiger partial charge in [-0.1, -0.05) is 50.6 Å². The van der Waals surface area contributed by atoms with E-state index in [0.29, 0.717) is 5.02 Å². The molecule has 2 atom stereocenters. The Kier molecular flexibility index (Phi) is 5.24. The van der Waals surface area contributed by atoms with Crippen LogP contribution in [-0.4, -0.2) is 19.5 Å². The average molecular weight is 301 g/mol. The van der Waals surface area contributed by atoms with Crippen LogP contribution in [0, 0.1) is 0 Å². The molecule has 0 saturated carbocycles. The van der Waals surface area contributed by atoms with E-state index in [0.717, 1.165) is 5.56 Å². The maximum atomic E-state index is 10.1. The van der Waals surface area contributed by atoms with Gasteiger partial charge in [0.1, 0.15) is 0 Å². The van der Waals surface area contributed by atoms with Crippen LogP contribution in [0.1, 0.15) is 39.4 Å². The molecule has 19 heavy (non-hydrogen) atoms. The standard InChI is InChI=1S/C15H25ClO2Si/c1-11(17)14(12-9-7-8-10-13(12)16)18-19(5,6)15(2,3)4/h7-11,14,17H,1-6H3. The number of aliphatic hydroxyl groups excluding tert-OH is 1. The predicted octanol–water partition coefficient (Wildman–Crippen LogP) is 4.78. The summed E-state index contributed by atoms with van der Waals surface area (Å²) in [6.07, 6.45) is -0.955. The van der Waals surface area contributed by atoms with Crippen LogP contribution in [0.3, 0.4) is 0 Å². The third-order valence-corrected chi connectivity index (χ3v) is 8.68. The number of halogens is 1. The third-order valence-electron chi connectivity index (χ3n) is 3.88. The van der Waals surface area contributed by atoms with E-state index in [9.17, 15) is 5.11 Å². The van der Waals surface area contributed by atoms with Gasteiger partial charge in [-0.05, 0) is 31.1 Å². The normalized spacial score (nSPS) is 16.2. The molecular weight excluding hydrogens is 276 g/mol. The Bertz CT molecular complexity index is 424. The van der Waals surface area contributed by atoms with Crippen LogP contribution < -0.4 is 0 Å². The first-order valence-corrected chi connectivity index (χ1v) is 9.95. The van der Waals surface area contributed by atoms with Crippen LogP contribution in [0.15, 0.2) is 24.3 Å². The Morgan fingerprint density at radius 2 is 1.74 bits per heavy atom. The maximum Gasteiger partial charge on any atom is 0.193 e. The first kappa shape index (κ1) is 16.7. The average Bonchev–Trinajstić information content (AvgIpc) is 2.25. The van der Waals surface area contributed by atoms with Crippen molar-refractivity contribution in [1.82, 2.24) is 0 Å². The van der Waals surface area contributed by atoms with Gasteiger partial charge in [-0.2, -0.15) is 0 Å². The second-order valence-electron chi connectivity index (χ2n) is 6.56. The number of rotatable bonds is 4. The molecule has 0 saturated heterocycles. The van der Waals surface area contributed by atoms with Crippen LogP contribution in [0.4, 0.5) is 0 Å². The van der Waals surface area contributed by atoms with Crippen molar-refractivity contribution >= 4 is 19.9 Å². The fourth-order valence-corrected chi connectivity index (χ4v) is 3.18. The summed E-state index contributed by atoms with van der Waals surface area (Å²) < 4.78 is 6.34. The highest BCUT2D eigenvalue weighted by molar-refractivity contribution is 6.74. The van der Waals surface area contributed by atoms with Gasteiger partial charge < -0.3 is 9.53 Å². The van der Waals surface area contributed by atoms with Gasteiger partial charge in [0, 0.05) is 10.6 Å². The van der Waals surface area contributed by atoms with E-state index >= 15 is 0 Å². The van der Waals surface area contributed by atoms with Gasteiger partial charge in [0.15, 0.2) is 8.32 Å². The number of hydrogen-bond donors (Lipinski definition) is 1. The van der Waals surface area contributed by atoms with Gasteiger partial charge in [0.25, 0.3) is 0 Å². The predicted molar refractivity (Wildman–Crippen MR) is 84.2 cm³/mol. The molecule has 0 spiro atoms. The first-order chi connectivity index (χ1) is 8.56. The molecule has 2 unspecified atom stereocenters. The molecule has 0 aliphatic rings. The maximum absolute atomic E-state index is 10.1. The molecular formula is C15H25ClO2Si. The molecule has 1 aromatic carbocycles. The molecule has 0 aliphatic carbocycles. The summed E-state index contributed by atoms with van der Waals surface area (Å²) in [5.74, 6) is 0. The smallest absolute Gasteiger partial charge is 0.193 e. The number of hydrogen-bond acceptors (Lipinski definition) is 2. The summed E-state index contributed by atoms with van der Waals surface area (Å²) >= 11 is 6.23. The Morgan fingerprint density at radius 1 is 1.21 bits per heavy atom. The van der Waals surface area contributed by atoms with Gasteiger partial charge >= 0.3 is 0 Å². The topological polar surface area (TPSA) is 29.5 Å². The summed E-state index contributed by atoms with van der Waals surface area (Å²) in [4.78, 5) is 0. The summed E-state index contributed by atoms with van der Waals surface area (Å²) in [5, 5.41) is 10.8. The molecule has 0 fully saturated rings. The summed E-state index contributed by atoms with van der Waals surface area (Å²) in [6.45, 7) is 12.7. The van der Waals surface area contributed by atoms with E-state index in [-0.39, 0.29) is 11.1 Å². The van der Waals surface area contributed by atoms with Crippen molar-refractivity contribution in [2.24, 2.45) is 0 Å². The highest BCUT2D eigenvalue weighted by Gasteiger charge is 2.40. The molecule has 1 rings (SSSR count). The molecule has 0 amide bonds. The van der Waals surface area contributed by atoms with Crippen molar-refractivity contribution in [2.45, 2.75) is 58.0 Å². The molecule has 0 radical (unpaired) electrons. The van der Waals surface area contributed by atoms with Crippen molar-refractivity contribution in [2.75, 3.05) is 0 Å². The van der Waals surface area contributed by atoms with E-state index in [1.807, 2.05) is 24.3 Å². The third kappa shape index (κ3) is 4.05. The molecule has 0 heterocycles. The van der Waals surface area contributed by atoms with E-state index in [2.05, 4.69) is 33.9 Å². The lowest BCUT2D eigenvalue weighted by molar-refractivity contribution is 0.0386. The fraction of sp³-hybridized carbons (Fsp3) is 0.600. The van der Waals surface area contributed by atoms with E-state index in [4.69, 9.17) is 16.0 Å². The molecule has 1 aromatic rings. The highest BCUT2D eigenvalue weighted by atomic mass is 35.5. The van der Waals surface area contributed by atoms with Gasteiger partial charge in [-0.15, -0.1) is 0 Å². The minimum atomic E-state index is -1.96. The quantitative estimate of drug-likeness (QED) is 0.811. The van der Waals surface area contributed by atoms with Crippen LogP contribution in [-0.2, 0) is 4.43 Å². The summed E-state index contributed by atoms with van der Waals surface area (Å²) in [6, 6.07) is 7.57. The molecule has 0 bridgehead atoms. The summed E-state index contributed by atoms with van der Waals surface area (Å²) in [7, 11) is -1.96. The molecule has 0 aromatic heterocycles. The van der Waals surface area contributed by atoms with Crippen LogP contribution in [0.5, 0.6) is 0 Å². The lowest BCUT2D eigenvalue weighted by Crippen LogP contribution is -2.43. The minimum Gasteiger partial charge on any atom is -0.407 e. The van der Waals surface area contributed by atoms with E-state index < -0.39 is 14.4 Å². The van der Waals surface area contributed by atoms with Crippen molar-refractivity contribution in [3.8, 4) is 0 Å². The molecule has 108 valence electrons.